The van der Waals surface area contributed by atoms with E-state index >= 15 is 0 Å². The van der Waals surface area contributed by atoms with Crippen molar-refractivity contribution in [1.29, 1.82) is 0 Å². The summed E-state index contributed by atoms with van der Waals surface area (Å²) in [4.78, 5) is 26.2. The molecule has 6 nitrogen and oxygen atoms in total. The second kappa shape index (κ2) is 8.01. The SMILES string of the molecule is CC(C)(C)c1ccc(OCCN2C(=O)COc3ccc(NC(=O)C4CC4)cc32)cc1. The lowest BCUT2D eigenvalue weighted by atomic mass is 9.87. The first-order valence-corrected chi connectivity index (χ1v) is 10.4. The molecule has 0 aromatic heterocycles. The molecule has 1 saturated carbocycles. The van der Waals surface area contributed by atoms with Crippen molar-refractivity contribution in [3.8, 4) is 11.5 Å². The Morgan fingerprint density at radius 3 is 2.57 bits per heavy atom. The highest BCUT2D eigenvalue weighted by molar-refractivity contribution is 6.00. The number of nitrogens with zero attached hydrogens (tertiary/aromatic N) is 1. The minimum Gasteiger partial charge on any atom is -0.492 e. The van der Waals surface area contributed by atoms with E-state index in [1.165, 1.54) is 5.56 Å². The summed E-state index contributed by atoms with van der Waals surface area (Å²) in [6.45, 7) is 7.28. The predicted molar refractivity (Wildman–Crippen MR) is 116 cm³/mol. The molecule has 2 aromatic rings. The van der Waals surface area contributed by atoms with Crippen molar-refractivity contribution >= 4 is 23.2 Å². The van der Waals surface area contributed by atoms with Crippen LogP contribution in [0.3, 0.4) is 0 Å². The Labute approximate surface area is 177 Å². The molecule has 0 bridgehead atoms. The minimum atomic E-state index is -0.125. The van der Waals surface area contributed by atoms with Crippen molar-refractivity contribution in [2.45, 2.75) is 39.0 Å². The second-order valence-electron chi connectivity index (χ2n) is 8.90. The Hall–Kier alpha value is -3.02. The lowest BCUT2D eigenvalue weighted by Gasteiger charge is -2.29. The fraction of sp³-hybridized carbons (Fsp3) is 0.417. The molecular formula is C24H28N2O4. The van der Waals surface area contributed by atoms with Crippen LogP contribution in [0.4, 0.5) is 11.4 Å². The number of anilines is 2. The first-order valence-electron chi connectivity index (χ1n) is 10.4. The van der Waals surface area contributed by atoms with E-state index in [0.29, 0.717) is 30.3 Å². The Bertz CT molecular complexity index is 943. The van der Waals surface area contributed by atoms with Crippen molar-refractivity contribution in [2.24, 2.45) is 5.92 Å². The molecule has 2 aromatic carbocycles. The number of ether oxygens (including phenoxy) is 2. The summed E-state index contributed by atoms with van der Waals surface area (Å²) in [5.74, 6) is 1.43. The standard InChI is InChI=1S/C24H28N2O4/c1-24(2,3)17-6-9-19(10-7-17)29-13-12-26-20-14-18(25-23(28)16-4-5-16)8-11-21(20)30-15-22(26)27/h6-11,14,16H,4-5,12-13,15H2,1-3H3,(H,25,28). The van der Waals surface area contributed by atoms with E-state index < -0.39 is 0 Å². The van der Waals surface area contributed by atoms with Gasteiger partial charge in [0.05, 0.1) is 12.2 Å². The maximum Gasteiger partial charge on any atom is 0.265 e. The average molecular weight is 408 g/mol. The van der Waals surface area contributed by atoms with E-state index in [4.69, 9.17) is 9.47 Å². The maximum atomic E-state index is 12.5. The van der Waals surface area contributed by atoms with Crippen LogP contribution in [0, 0.1) is 5.92 Å². The molecule has 1 N–H and O–H groups in total. The molecule has 0 radical (unpaired) electrons. The van der Waals surface area contributed by atoms with E-state index in [-0.39, 0.29) is 29.8 Å². The molecule has 1 aliphatic carbocycles. The number of hydrogen-bond donors (Lipinski definition) is 1. The third-order valence-corrected chi connectivity index (χ3v) is 5.42. The molecule has 6 heteroatoms. The lowest BCUT2D eigenvalue weighted by molar-refractivity contribution is -0.121. The van der Waals surface area contributed by atoms with E-state index in [9.17, 15) is 9.59 Å². The molecule has 4 rings (SSSR count). The molecule has 1 heterocycles. The van der Waals surface area contributed by atoms with Crippen LogP contribution in [0.15, 0.2) is 42.5 Å². The topological polar surface area (TPSA) is 67.9 Å². The van der Waals surface area contributed by atoms with Gasteiger partial charge in [-0.15, -0.1) is 0 Å². The van der Waals surface area contributed by atoms with Gasteiger partial charge in [-0.3, -0.25) is 9.59 Å². The van der Waals surface area contributed by atoms with Crippen LogP contribution in [0.5, 0.6) is 11.5 Å². The Morgan fingerprint density at radius 1 is 1.17 bits per heavy atom. The molecule has 0 spiro atoms. The Morgan fingerprint density at radius 2 is 1.90 bits per heavy atom. The highest BCUT2D eigenvalue weighted by atomic mass is 16.5. The maximum absolute atomic E-state index is 12.5. The van der Waals surface area contributed by atoms with Crippen molar-refractivity contribution < 1.29 is 19.1 Å². The van der Waals surface area contributed by atoms with Gasteiger partial charge in [-0.2, -0.15) is 0 Å². The van der Waals surface area contributed by atoms with Crippen molar-refractivity contribution in [3.05, 3.63) is 48.0 Å². The first kappa shape index (κ1) is 20.3. The molecule has 0 saturated heterocycles. The smallest absolute Gasteiger partial charge is 0.265 e. The number of fused-ring (bicyclic) bond motifs is 1. The number of nitrogens with one attached hydrogen (secondary N) is 1. The monoisotopic (exact) mass is 408 g/mol. The summed E-state index contributed by atoms with van der Waals surface area (Å²) in [5.41, 5.74) is 2.67. The van der Waals surface area contributed by atoms with Gasteiger partial charge in [-0.05, 0) is 54.2 Å². The van der Waals surface area contributed by atoms with Gasteiger partial charge >= 0.3 is 0 Å². The van der Waals surface area contributed by atoms with Crippen LogP contribution in [-0.4, -0.2) is 31.6 Å². The molecule has 158 valence electrons. The largest absolute Gasteiger partial charge is 0.492 e. The number of amides is 2. The third kappa shape index (κ3) is 4.58. The van der Waals surface area contributed by atoms with Crippen molar-refractivity contribution in [1.82, 2.24) is 0 Å². The molecular weight excluding hydrogens is 380 g/mol. The Kier molecular flexibility index (Phi) is 5.41. The summed E-state index contributed by atoms with van der Waals surface area (Å²) in [6, 6.07) is 13.5. The quantitative estimate of drug-likeness (QED) is 0.780. The number of benzene rings is 2. The molecule has 0 atom stereocenters. The second-order valence-corrected chi connectivity index (χ2v) is 8.90. The zero-order chi connectivity index (χ0) is 21.3. The fourth-order valence-electron chi connectivity index (χ4n) is 3.42. The molecule has 1 aliphatic heterocycles. The van der Waals surface area contributed by atoms with Gasteiger partial charge in [0.2, 0.25) is 5.91 Å². The van der Waals surface area contributed by atoms with Gasteiger partial charge in [0.1, 0.15) is 18.1 Å². The molecule has 0 unspecified atom stereocenters. The van der Waals surface area contributed by atoms with Gasteiger partial charge in [-0.1, -0.05) is 32.9 Å². The molecule has 2 aliphatic rings. The van der Waals surface area contributed by atoms with E-state index in [1.54, 1.807) is 23.1 Å². The summed E-state index contributed by atoms with van der Waals surface area (Å²) in [7, 11) is 0. The van der Waals surface area contributed by atoms with Crippen molar-refractivity contribution in [2.75, 3.05) is 30.0 Å². The van der Waals surface area contributed by atoms with Gasteiger partial charge in [0, 0.05) is 11.6 Å². The Balaban J connectivity index is 1.41. The van der Waals surface area contributed by atoms with Crippen LogP contribution in [0.2, 0.25) is 0 Å². The summed E-state index contributed by atoms with van der Waals surface area (Å²) in [6.07, 6.45) is 1.89. The summed E-state index contributed by atoms with van der Waals surface area (Å²) in [5, 5.41) is 2.92. The zero-order valence-corrected chi connectivity index (χ0v) is 17.7. The number of rotatable bonds is 6. The highest BCUT2D eigenvalue weighted by Crippen LogP contribution is 2.36. The highest BCUT2D eigenvalue weighted by Gasteiger charge is 2.30. The average Bonchev–Trinajstić information content (AvgIpc) is 3.55. The van der Waals surface area contributed by atoms with Crippen molar-refractivity contribution in [3.63, 3.8) is 0 Å². The molecule has 2 amide bonds. The van der Waals surface area contributed by atoms with Gasteiger partial charge in [0.15, 0.2) is 6.61 Å². The number of hydrogen-bond acceptors (Lipinski definition) is 4. The van der Waals surface area contributed by atoms with Gasteiger partial charge in [0.25, 0.3) is 5.91 Å². The van der Waals surface area contributed by atoms with Crippen LogP contribution < -0.4 is 19.7 Å². The normalized spacial score (nSPS) is 16.0. The van der Waals surface area contributed by atoms with E-state index in [2.05, 4.69) is 38.2 Å². The third-order valence-electron chi connectivity index (χ3n) is 5.42. The van der Waals surface area contributed by atoms with Crippen LogP contribution in [0.1, 0.15) is 39.2 Å². The van der Waals surface area contributed by atoms with Gasteiger partial charge in [-0.25, -0.2) is 0 Å². The van der Waals surface area contributed by atoms with Crippen LogP contribution in [0.25, 0.3) is 0 Å². The fourth-order valence-corrected chi connectivity index (χ4v) is 3.42. The molecule has 1 fully saturated rings. The van der Waals surface area contributed by atoms with Crippen LogP contribution >= 0.6 is 0 Å². The zero-order valence-electron chi connectivity index (χ0n) is 17.7. The number of carbonyl (C=O) groups is 2. The van der Waals surface area contributed by atoms with E-state index in [1.807, 2.05) is 12.1 Å². The molecule has 30 heavy (non-hydrogen) atoms. The lowest BCUT2D eigenvalue weighted by Crippen LogP contribution is -2.41. The predicted octanol–water partition coefficient (Wildman–Crippen LogP) is 4.14. The number of carbonyl (C=O) groups excluding carboxylic acids is 2. The van der Waals surface area contributed by atoms with Gasteiger partial charge < -0.3 is 19.7 Å². The summed E-state index contributed by atoms with van der Waals surface area (Å²) < 4.78 is 11.4. The minimum absolute atomic E-state index is 0.00105. The summed E-state index contributed by atoms with van der Waals surface area (Å²) >= 11 is 0. The van der Waals surface area contributed by atoms with Crippen LogP contribution in [-0.2, 0) is 15.0 Å². The van der Waals surface area contributed by atoms with E-state index in [0.717, 1.165) is 18.6 Å². The first-order chi connectivity index (χ1) is 14.3.